The zero-order valence-electron chi connectivity index (χ0n) is 10.1. The molecule has 2 rings (SSSR count). The van der Waals surface area contributed by atoms with Crippen molar-refractivity contribution in [3.8, 4) is 5.75 Å². The van der Waals surface area contributed by atoms with Gasteiger partial charge in [0.2, 0.25) is 0 Å². The largest absolute Gasteiger partial charge is 0.497 e. The predicted molar refractivity (Wildman–Crippen MR) is 67.3 cm³/mol. The molecule has 0 fully saturated rings. The van der Waals surface area contributed by atoms with Gasteiger partial charge >= 0.3 is 0 Å². The van der Waals surface area contributed by atoms with Gasteiger partial charge in [0, 0.05) is 11.6 Å². The molecule has 0 saturated carbocycles. The molecule has 0 radical (unpaired) electrons. The molecule has 0 aliphatic carbocycles. The SMILES string of the molecule is COc1ccc(F)c(NC(=O)c2ccc(F)cc2)c1. The monoisotopic (exact) mass is 263 g/mol. The van der Waals surface area contributed by atoms with E-state index in [0.29, 0.717) is 5.75 Å². The molecule has 0 aliphatic rings. The lowest BCUT2D eigenvalue weighted by Crippen LogP contribution is -2.13. The summed E-state index contributed by atoms with van der Waals surface area (Å²) >= 11 is 0. The lowest BCUT2D eigenvalue weighted by molar-refractivity contribution is 0.102. The molecule has 0 unspecified atom stereocenters. The van der Waals surface area contributed by atoms with Crippen LogP contribution in [0.3, 0.4) is 0 Å². The quantitative estimate of drug-likeness (QED) is 0.923. The van der Waals surface area contributed by atoms with Gasteiger partial charge in [0.15, 0.2) is 0 Å². The second kappa shape index (κ2) is 5.48. The van der Waals surface area contributed by atoms with E-state index in [0.717, 1.165) is 12.1 Å². The van der Waals surface area contributed by atoms with Crippen LogP contribution in [0.1, 0.15) is 10.4 Å². The van der Waals surface area contributed by atoms with Gasteiger partial charge in [-0.1, -0.05) is 0 Å². The molecule has 0 atom stereocenters. The van der Waals surface area contributed by atoms with Crippen molar-refractivity contribution < 1.29 is 18.3 Å². The maximum absolute atomic E-state index is 13.5. The second-order valence-electron chi connectivity index (χ2n) is 3.81. The van der Waals surface area contributed by atoms with Crippen molar-refractivity contribution in [1.82, 2.24) is 0 Å². The third kappa shape index (κ3) is 3.07. The number of carbonyl (C=O) groups excluding carboxylic acids is 1. The van der Waals surface area contributed by atoms with E-state index in [9.17, 15) is 13.6 Å². The number of hydrogen-bond acceptors (Lipinski definition) is 2. The maximum atomic E-state index is 13.5. The van der Waals surface area contributed by atoms with Crippen molar-refractivity contribution in [2.24, 2.45) is 0 Å². The highest BCUT2D eigenvalue weighted by Gasteiger charge is 2.10. The molecule has 1 amide bonds. The van der Waals surface area contributed by atoms with Crippen molar-refractivity contribution in [2.45, 2.75) is 0 Å². The van der Waals surface area contributed by atoms with Gasteiger partial charge < -0.3 is 10.1 Å². The fraction of sp³-hybridized carbons (Fsp3) is 0.0714. The number of methoxy groups -OCH3 is 1. The summed E-state index contributed by atoms with van der Waals surface area (Å²) in [6.07, 6.45) is 0. The van der Waals surface area contributed by atoms with Crippen LogP contribution >= 0.6 is 0 Å². The van der Waals surface area contributed by atoms with Gasteiger partial charge in [-0.15, -0.1) is 0 Å². The van der Waals surface area contributed by atoms with E-state index in [-0.39, 0.29) is 11.3 Å². The molecular weight excluding hydrogens is 252 g/mol. The number of halogens is 2. The zero-order chi connectivity index (χ0) is 13.8. The molecule has 3 nitrogen and oxygen atoms in total. The Morgan fingerprint density at radius 3 is 2.42 bits per heavy atom. The van der Waals surface area contributed by atoms with E-state index < -0.39 is 17.5 Å². The van der Waals surface area contributed by atoms with Crippen LogP contribution in [0.15, 0.2) is 42.5 Å². The van der Waals surface area contributed by atoms with Crippen LogP contribution in [0, 0.1) is 11.6 Å². The summed E-state index contributed by atoms with van der Waals surface area (Å²) in [4.78, 5) is 11.8. The summed E-state index contributed by atoms with van der Waals surface area (Å²) in [5.74, 6) is -1.11. The Labute approximate surface area is 108 Å². The average Bonchev–Trinajstić information content (AvgIpc) is 2.42. The molecule has 1 N–H and O–H groups in total. The van der Waals surface area contributed by atoms with E-state index in [1.54, 1.807) is 0 Å². The number of carbonyl (C=O) groups is 1. The lowest BCUT2D eigenvalue weighted by Gasteiger charge is -2.08. The molecule has 0 aromatic heterocycles. The summed E-state index contributed by atoms with van der Waals surface area (Å²) in [5, 5.41) is 2.40. The first kappa shape index (κ1) is 13.0. The fourth-order valence-corrected chi connectivity index (χ4v) is 1.52. The van der Waals surface area contributed by atoms with Gasteiger partial charge in [0.25, 0.3) is 5.91 Å². The topological polar surface area (TPSA) is 38.3 Å². The summed E-state index contributed by atoms with van der Waals surface area (Å²) in [5.41, 5.74) is 0.247. The number of ether oxygens (including phenoxy) is 1. The Morgan fingerprint density at radius 1 is 1.11 bits per heavy atom. The van der Waals surface area contributed by atoms with Gasteiger partial charge in [0.1, 0.15) is 17.4 Å². The molecule has 0 aliphatic heterocycles. The number of rotatable bonds is 3. The highest BCUT2D eigenvalue weighted by Crippen LogP contribution is 2.21. The Morgan fingerprint density at radius 2 is 1.79 bits per heavy atom. The van der Waals surface area contributed by atoms with Crippen LogP contribution in [0.5, 0.6) is 5.75 Å². The number of amides is 1. The number of benzene rings is 2. The smallest absolute Gasteiger partial charge is 0.255 e. The fourth-order valence-electron chi connectivity index (χ4n) is 1.52. The van der Waals surface area contributed by atoms with Crippen molar-refractivity contribution in [3.63, 3.8) is 0 Å². The summed E-state index contributed by atoms with van der Waals surface area (Å²) in [6, 6.07) is 8.98. The summed E-state index contributed by atoms with van der Waals surface area (Å²) in [6.45, 7) is 0. The lowest BCUT2D eigenvalue weighted by atomic mass is 10.2. The first-order valence-electron chi connectivity index (χ1n) is 5.50. The highest BCUT2D eigenvalue weighted by atomic mass is 19.1. The Kier molecular flexibility index (Phi) is 3.75. The van der Waals surface area contributed by atoms with Gasteiger partial charge in [-0.2, -0.15) is 0 Å². The normalized spacial score (nSPS) is 10.1. The van der Waals surface area contributed by atoms with Crippen LogP contribution in [0.4, 0.5) is 14.5 Å². The molecule has 98 valence electrons. The van der Waals surface area contributed by atoms with Gasteiger partial charge in [-0.25, -0.2) is 8.78 Å². The molecule has 2 aromatic rings. The molecule has 19 heavy (non-hydrogen) atoms. The number of hydrogen-bond donors (Lipinski definition) is 1. The Hall–Kier alpha value is -2.43. The number of anilines is 1. The summed E-state index contributed by atoms with van der Waals surface area (Å²) in [7, 11) is 1.44. The van der Waals surface area contributed by atoms with Gasteiger partial charge in [0.05, 0.1) is 12.8 Å². The summed E-state index contributed by atoms with van der Waals surface area (Å²) < 4.78 is 31.2. The number of nitrogens with one attached hydrogen (secondary N) is 1. The minimum Gasteiger partial charge on any atom is -0.497 e. The molecule has 0 spiro atoms. The van der Waals surface area contributed by atoms with Crippen molar-refractivity contribution in [3.05, 3.63) is 59.7 Å². The van der Waals surface area contributed by atoms with Crippen molar-refractivity contribution in [1.29, 1.82) is 0 Å². The minimum absolute atomic E-state index is 0.00803. The minimum atomic E-state index is -0.573. The van der Waals surface area contributed by atoms with Crippen LogP contribution in [-0.2, 0) is 0 Å². The molecule has 2 aromatic carbocycles. The Balaban J connectivity index is 2.21. The third-order valence-electron chi connectivity index (χ3n) is 2.53. The molecule has 0 bridgehead atoms. The average molecular weight is 263 g/mol. The maximum Gasteiger partial charge on any atom is 0.255 e. The second-order valence-corrected chi connectivity index (χ2v) is 3.81. The molecule has 0 heterocycles. The van der Waals surface area contributed by atoms with Crippen LogP contribution < -0.4 is 10.1 Å². The molecular formula is C14H11F2NO2. The van der Waals surface area contributed by atoms with Gasteiger partial charge in [-0.3, -0.25) is 4.79 Å². The molecule has 5 heteroatoms. The van der Waals surface area contributed by atoms with E-state index in [1.165, 1.54) is 37.4 Å². The zero-order valence-corrected chi connectivity index (χ0v) is 10.1. The van der Waals surface area contributed by atoms with Crippen LogP contribution in [-0.4, -0.2) is 13.0 Å². The first-order chi connectivity index (χ1) is 9.10. The van der Waals surface area contributed by atoms with Crippen LogP contribution in [0.2, 0.25) is 0 Å². The van der Waals surface area contributed by atoms with E-state index in [2.05, 4.69) is 5.32 Å². The third-order valence-corrected chi connectivity index (χ3v) is 2.53. The first-order valence-corrected chi connectivity index (χ1v) is 5.50. The Bertz CT molecular complexity index is 597. The van der Waals surface area contributed by atoms with E-state index >= 15 is 0 Å². The van der Waals surface area contributed by atoms with E-state index in [4.69, 9.17) is 4.74 Å². The standard InChI is InChI=1S/C14H11F2NO2/c1-19-11-6-7-12(16)13(8-11)17-14(18)9-2-4-10(15)5-3-9/h2-8H,1H3,(H,17,18). The van der Waals surface area contributed by atoms with Gasteiger partial charge in [-0.05, 0) is 36.4 Å². The van der Waals surface area contributed by atoms with Crippen LogP contribution in [0.25, 0.3) is 0 Å². The molecule has 0 saturated heterocycles. The predicted octanol–water partition coefficient (Wildman–Crippen LogP) is 3.23. The van der Waals surface area contributed by atoms with Crippen molar-refractivity contribution >= 4 is 11.6 Å². The highest BCUT2D eigenvalue weighted by molar-refractivity contribution is 6.04. The van der Waals surface area contributed by atoms with Crippen molar-refractivity contribution in [2.75, 3.05) is 12.4 Å². The van der Waals surface area contributed by atoms with E-state index in [1.807, 2.05) is 0 Å².